The highest BCUT2D eigenvalue weighted by Crippen LogP contribution is 2.39. The van der Waals surface area contributed by atoms with Crippen molar-refractivity contribution in [1.82, 2.24) is 4.98 Å². The normalized spacial score (nSPS) is 21.8. The fourth-order valence-corrected chi connectivity index (χ4v) is 1.85. The smallest absolute Gasteiger partial charge is 0.398 e. The minimum absolute atomic E-state index is 0.245. The molecule has 2 heterocycles. The molecule has 6 heteroatoms. The van der Waals surface area contributed by atoms with Crippen LogP contribution in [0.5, 0.6) is 0 Å². The molecule has 3 nitrogen and oxygen atoms in total. The van der Waals surface area contributed by atoms with Gasteiger partial charge >= 0.3 is 7.12 Å². The van der Waals surface area contributed by atoms with Crippen LogP contribution in [0.25, 0.3) is 6.08 Å². The highest BCUT2D eigenvalue weighted by molar-refractivity contribution is 6.54. The molecule has 0 aromatic carbocycles. The van der Waals surface area contributed by atoms with Crippen LogP contribution in [0.2, 0.25) is 5.15 Å². The second-order valence-corrected chi connectivity index (χ2v) is 5.86. The molecule has 1 aliphatic rings. The molecular weight excluding hydrogens is 267 g/mol. The molecule has 0 N–H and O–H groups in total. The zero-order valence-corrected chi connectivity index (χ0v) is 12.2. The van der Waals surface area contributed by atoms with Crippen molar-refractivity contribution < 1.29 is 13.7 Å². The van der Waals surface area contributed by atoms with Crippen molar-refractivity contribution in [2.45, 2.75) is 38.9 Å². The average molecular weight is 284 g/mol. The zero-order valence-electron chi connectivity index (χ0n) is 11.4. The van der Waals surface area contributed by atoms with Crippen LogP contribution in [0, 0.1) is 0 Å². The number of pyridine rings is 1. The fraction of sp³-hybridized carbons (Fsp3) is 0.462. The average Bonchev–Trinajstić information content (AvgIpc) is 2.51. The van der Waals surface area contributed by atoms with E-state index in [2.05, 4.69) is 4.98 Å². The molecule has 0 spiro atoms. The van der Waals surface area contributed by atoms with E-state index in [1.807, 2.05) is 27.7 Å². The van der Waals surface area contributed by atoms with Crippen molar-refractivity contribution in [3.8, 4) is 0 Å². The Morgan fingerprint density at radius 2 is 1.89 bits per heavy atom. The lowest BCUT2D eigenvalue weighted by molar-refractivity contribution is 0.00578. The van der Waals surface area contributed by atoms with Crippen molar-refractivity contribution in [1.29, 1.82) is 0 Å². The molecule has 0 aliphatic carbocycles. The Labute approximate surface area is 117 Å². The Hall–Kier alpha value is -0.905. The Morgan fingerprint density at radius 3 is 2.42 bits per heavy atom. The first kappa shape index (κ1) is 14.5. The summed E-state index contributed by atoms with van der Waals surface area (Å²) in [5.74, 6) is 0. The molecular formula is C13H16BClFNO2. The lowest BCUT2D eigenvalue weighted by atomic mass is 9.87. The van der Waals surface area contributed by atoms with Crippen LogP contribution < -0.4 is 0 Å². The first-order valence-corrected chi connectivity index (χ1v) is 6.44. The van der Waals surface area contributed by atoms with Gasteiger partial charge in [0.1, 0.15) is 10.9 Å². The molecule has 0 bridgehead atoms. The predicted molar refractivity (Wildman–Crippen MR) is 74.4 cm³/mol. The minimum Gasteiger partial charge on any atom is -0.398 e. The van der Waals surface area contributed by atoms with Crippen molar-refractivity contribution in [2.24, 2.45) is 0 Å². The van der Waals surface area contributed by atoms with Crippen molar-refractivity contribution in [3.63, 3.8) is 0 Å². The van der Waals surface area contributed by atoms with E-state index in [1.165, 1.54) is 6.08 Å². The Balaban J connectivity index is 2.23. The molecule has 1 fully saturated rings. The quantitative estimate of drug-likeness (QED) is 0.613. The first-order chi connectivity index (χ1) is 8.73. The van der Waals surface area contributed by atoms with Crippen LogP contribution in [-0.4, -0.2) is 23.3 Å². The second kappa shape index (κ2) is 4.89. The minimum atomic E-state index is -1.01. The van der Waals surface area contributed by atoms with Gasteiger partial charge in [-0.2, -0.15) is 0 Å². The van der Waals surface area contributed by atoms with Crippen LogP contribution >= 0.6 is 11.6 Å². The Morgan fingerprint density at radius 1 is 1.32 bits per heavy atom. The van der Waals surface area contributed by atoms with E-state index < -0.39 is 24.0 Å². The van der Waals surface area contributed by atoms with Crippen LogP contribution in [0.15, 0.2) is 24.1 Å². The summed E-state index contributed by atoms with van der Waals surface area (Å²) in [6.07, 6.45) is 2.84. The lowest BCUT2D eigenvalue weighted by Crippen LogP contribution is -2.41. The second-order valence-electron chi connectivity index (χ2n) is 5.50. The van der Waals surface area contributed by atoms with Gasteiger partial charge in [0.05, 0.1) is 11.2 Å². The van der Waals surface area contributed by atoms with Gasteiger partial charge in [0, 0.05) is 11.8 Å². The standard InChI is InChI=1S/C13H16BClFNO2/c1-12(2)13(3,4)19-14(18-12)10(16)8-9-6-5-7-17-11(9)15/h5-8H,1-4H3. The summed E-state index contributed by atoms with van der Waals surface area (Å²) in [6, 6.07) is 3.37. The molecule has 102 valence electrons. The maximum atomic E-state index is 14.2. The summed E-state index contributed by atoms with van der Waals surface area (Å²) in [4.78, 5) is 3.89. The van der Waals surface area contributed by atoms with E-state index >= 15 is 0 Å². The molecule has 19 heavy (non-hydrogen) atoms. The van der Waals surface area contributed by atoms with Crippen LogP contribution in [0.1, 0.15) is 33.3 Å². The number of halogens is 2. The molecule has 0 saturated carbocycles. The Bertz CT molecular complexity index is 503. The van der Waals surface area contributed by atoms with E-state index in [-0.39, 0.29) is 5.15 Å². The molecule has 1 saturated heterocycles. The summed E-state index contributed by atoms with van der Waals surface area (Å²) < 4.78 is 25.4. The summed E-state index contributed by atoms with van der Waals surface area (Å²) in [6.45, 7) is 7.49. The van der Waals surface area contributed by atoms with E-state index in [1.54, 1.807) is 18.3 Å². The van der Waals surface area contributed by atoms with Crippen LogP contribution in [-0.2, 0) is 9.31 Å². The summed E-state index contributed by atoms with van der Waals surface area (Å²) >= 11 is 5.88. The van der Waals surface area contributed by atoms with Gasteiger partial charge in [0.25, 0.3) is 0 Å². The number of rotatable bonds is 2. The van der Waals surface area contributed by atoms with Gasteiger partial charge in [-0.25, -0.2) is 9.37 Å². The number of nitrogens with zero attached hydrogens (tertiary/aromatic N) is 1. The van der Waals surface area contributed by atoms with Crippen LogP contribution in [0.4, 0.5) is 4.39 Å². The van der Waals surface area contributed by atoms with Gasteiger partial charge in [-0.05, 0) is 39.8 Å². The van der Waals surface area contributed by atoms with Crippen LogP contribution in [0.3, 0.4) is 0 Å². The molecule has 0 unspecified atom stereocenters. The number of hydrogen-bond donors (Lipinski definition) is 0. The first-order valence-electron chi connectivity index (χ1n) is 6.06. The summed E-state index contributed by atoms with van der Waals surface area (Å²) in [7, 11) is -1.01. The van der Waals surface area contributed by atoms with Crippen molar-refractivity contribution in [3.05, 3.63) is 34.8 Å². The monoisotopic (exact) mass is 283 g/mol. The molecule has 2 rings (SSSR count). The molecule has 0 atom stereocenters. The third kappa shape index (κ3) is 2.83. The number of aromatic nitrogens is 1. The van der Waals surface area contributed by atoms with Gasteiger partial charge < -0.3 is 9.31 Å². The predicted octanol–water partition coefficient (Wildman–Crippen LogP) is 3.68. The topological polar surface area (TPSA) is 31.4 Å². The maximum absolute atomic E-state index is 14.2. The van der Waals surface area contributed by atoms with Gasteiger partial charge in [-0.1, -0.05) is 17.7 Å². The van der Waals surface area contributed by atoms with Gasteiger partial charge in [0.2, 0.25) is 0 Å². The molecule has 1 aromatic heterocycles. The van der Waals surface area contributed by atoms with E-state index in [9.17, 15) is 4.39 Å². The third-order valence-corrected chi connectivity index (χ3v) is 3.88. The van der Waals surface area contributed by atoms with Crippen molar-refractivity contribution >= 4 is 24.8 Å². The summed E-state index contributed by atoms with van der Waals surface area (Å²) in [5.41, 5.74) is -1.16. The molecule has 0 amide bonds. The SMILES string of the molecule is CC1(C)OB(C(F)=Cc2cccnc2Cl)OC1(C)C. The van der Waals surface area contributed by atoms with E-state index in [4.69, 9.17) is 20.9 Å². The fourth-order valence-electron chi connectivity index (χ4n) is 1.68. The zero-order chi connectivity index (χ0) is 14.3. The molecule has 1 aliphatic heterocycles. The van der Waals surface area contributed by atoms with Crippen molar-refractivity contribution in [2.75, 3.05) is 0 Å². The summed E-state index contributed by atoms with van der Waals surface area (Å²) in [5, 5.41) is 0.245. The largest absolute Gasteiger partial charge is 0.525 e. The highest BCUT2D eigenvalue weighted by atomic mass is 35.5. The molecule has 1 aromatic rings. The Kier molecular flexibility index (Phi) is 3.73. The lowest BCUT2D eigenvalue weighted by Gasteiger charge is -2.32. The van der Waals surface area contributed by atoms with Gasteiger partial charge in [0.15, 0.2) is 0 Å². The highest BCUT2D eigenvalue weighted by Gasteiger charge is 2.53. The van der Waals surface area contributed by atoms with Gasteiger partial charge in [-0.3, -0.25) is 0 Å². The maximum Gasteiger partial charge on any atom is 0.525 e. The molecule has 0 radical (unpaired) electrons. The van der Waals surface area contributed by atoms with E-state index in [0.29, 0.717) is 5.56 Å². The third-order valence-electron chi connectivity index (χ3n) is 3.56. The van der Waals surface area contributed by atoms with E-state index in [0.717, 1.165) is 0 Å². The van der Waals surface area contributed by atoms with Gasteiger partial charge in [-0.15, -0.1) is 0 Å². The number of hydrogen-bond acceptors (Lipinski definition) is 3.